The van der Waals surface area contributed by atoms with Gasteiger partial charge in [0.05, 0.1) is 0 Å². The minimum atomic E-state index is 0.980. The molecule has 4 saturated carbocycles. The SMILES string of the molecule is CC1CCC(C2CCC(C)C(C)C2)CC1C.CC1CCC(CC2CCC(C)C(C)C2)CC1C. The van der Waals surface area contributed by atoms with Crippen molar-refractivity contribution in [3.05, 3.63) is 0 Å². The minimum absolute atomic E-state index is 0.980. The van der Waals surface area contributed by atoms with Gasteiger partial charge in [-0.2, -0.15) is 0 Å². The summed E-state index contributed by atoms with van der Waals surface area (Å²) in [5, 5.41) is 0. The first-order valence-corrected chi connectivity index (χ1v) is 15.6. The first kappa shape index (κ1) is 27.6. The molecule has 0 heteroatoms. The molecule has 0 aliphatic heterocycles. The highest BCUT2D eigenvalue weighted by molar-refractivity contribution is 4.85. The summed E-state index contributed by atoms with van der Waals surface area (Å²) in [7, 11) is 0. The van der Waals surface area contributed by atoms with E-state index >= 15 is 0 Å². The van der Waals surface area contributed by atoms with E-state index in [0.717, 1.165) is 71.0 Å². The van der Waals surface area contributed by atoms with Crippen LogP contribution in [0.25, 0.3) is 0 Å². The zero-order chi connectivity index (χ0) is 24.1. The van der Waals surface area contributed by atoms with Gasteiger partial charge in [-0.25, -0.2) is 0 Å². The van der Waals surface area contributed by atoms with Crippen LogP contribution in [0.3, 0.4) is 0 Å². The minimum Gasteiger partial charge on any atom is -0.0623 e. The van der Waals surface area contributed by atoms with Crippen molar-refractivity contribution in [2.75, 3.05) is 0 Å². The third-order valence-corrected chi connectivity index (χ3v) is 12.0. The summed E-state index contributed by atoms with van der Waals surface area (Å²) in [6.07, 6.45) is 19.7. The van der Waals surface area contributed by atoms with Crippen molar-refractivity contribution in [1.29, 1.82) is 0 Å². The van der Waals surface area contributed by atoms with E-state index in [1.807, 2.05) is 0 Å². The van der Waals surface area contributed by atoms with Gasteiger partial charge in [0.15, 0.2) is 0 Å². The summed E-state index contributed by atoms with van der Waals surface area (Å²) < 4.78 is 0. The second-order valence-electron chi connectivity index (χ2n) is 14.6. The predicted octanol–water partition coefficient (Wildman–Crippen LogP) is 10.7. The molecule has 0 heterocycles. The summed E-state index contributed by atoms with van der Waals surface area (Å²) in [5.41, 5.74) is 0. The average Bonchev–Trinajstić information content (AvgIpc) is 2.78. The molecule has 4 aliphatic carbocycles. The molecule has 0 aromatic heterocycles. The largest absolute Gasteiger partial charge is 0.0623 e. The molecular formula is C33H62. The molecule has 0 N–H and O–H groups in total. The third kappa shape index (κ3) is 8.00. The van der Waals surface area contributed by atoms with Crippen LogP contribution >= 0.6 is 0 Å². The third-order valence-electron chi connectivity index (χ3n) is 12.0. The maximum absolute atomic E-state index is 2.48. The van der Waals surface area contributed by atoms with Crippen molar-refractivity contribution in [2.45, 2.75) is 139 Å². The van der Waals surface area contributed by atoms with Crippen LogP contribution in [0.1, 0.15) is 139 Å². The van der Waals surface area contributed by atoms with E-state index in [-0.39, 0.29) is 0 Å². The molecule has 33 heavy (non-hydrogen) atoms. The van der Waals surface area contributed by atoms with Gasteiger partial charge in [0.25, 0.3) is 0 Å². The predicted molar refractivity (Wildman–Crippen MR) is 147 cm³/mol. The van der Waals surface area contributed by atoms with E-state index in [0.29, 0.717) is 0 Å². The second kappa shape index (κ2) is 12.8. The molecule has 0 nitrogen and oxygen atoms in total. The van der Waals surface area contributed by atoms with Crippen molar-refractivity contribution in [1.82, 2.24) is 0 Å². The first-order chi connectivity index (χ1) is 15.6. The van der Waals surface area contributed by atoms with Gasteiger partial charge in [0.1, 0.15) is 0 Å². The molecule has 4 rings (SSSR count). The highest BCUT2D eigenvalue weighted by Gasteiger charge is 2.34. The molecule has 0 saturated heterocycles. The topological polar surface area (TPSA) is 0 Å². The number of hydrogen-bond donors (Lipinski definition) is 0. The zero-order valence-electron chi connectivity index (χ0n) is 24.1. The fourth-order valence-corrected chi connectivity index (χ4v) is 8.25. The Balaban J connectivity index is 0.000000186. The van der Waals surface area contributed by atoms with Crippen LogP contribution in [0.5, 0.6) is 0 Å². The van der Waals surface area contributed by atoms with Gasteiger partial charge in [-0.15, -0.1) is 0 Å². The zero-order valence-corrected chi connectivity index (χ0v) is 24.1. The fraction of sp³-hybridized carbons (Fsp3) is 1.00. The summed E-state index contributed by atoms with van der Waals surface area (Å²) in [4.78, 5) is 0. The number of rotatable bonds is 3. The lowest BCUT2D eigenvalue weighted by Crippen LogP contribution is -2.31. The Labute approximate surface area is 209 Å². The monoisotopic (exact) mass is 458 g/mol. The van der Waals surface area contributed by atoms with E-state index in [2.05, 4.69) is 55.4 Å². The Hall–Kier alpha value is 0. The van der Waals surface area contributed by atoms with Crippen LogP contribution in [0.15, 0.2) is 0 Å². The average molecular weight is 459 g/mol. The fourth-order valence-electron chi connectivity index (χ4n) is 8.25. The Morgan fingerprint density at radius 2 is 0.636 bits per heavy atom. The lowest BCUT2D eigenvalue weighted by molar-refractivity contribution is 0.0956. The van der Waals surface area contributed by atoms with Gasteiger partial charge in [-0.05, 0) is 116 Å². The van der Waals surface area contributed by atoms with Gasteiger partial charge in [-0.3, -0.25) is 0 Å². The Morgan fingerprint density at radius 3 is 0.939 bits per heavy atom. The van der Waals surface area contributed by atoms with Crippen LogP contribution in [0, 0.1) is 71.0 Å². The maximum Gasteiger partial charge on any atom is -0.0383 e. The van der Waals surface area contributed by atoms with Crippen molar-refractivity contribution in [3.8, 4) is 0 Å². The second-order valence-corrected chi connectivity index (χ2v) is 14.6. The first-order valence-electron chi connectivity index (χ1n) is 15.6. The Kier molecular flexibility index (Phi) is 10.7. The molecule has 0 spiro atoms. The molecule has 0 bridgehead atoms. The normalized spacial score (nSPS) is 49.1. The number of hydrogen-bond acceptors (Lipinski definition) is 0. The summed E-state index contributed by atoms with van der Waals surface area (Å²) in [6, 6.07) is 0. The Bertz CT molecular complexity index is 502. The van der Waals surface area contributed by atoms with Crippen molar-refractivity contribution >= 4 is 0 Å². The van der Waals surface area contributed by atoms with E-state index in [1.165, 1.54) is 77.0 Å². The lowest BCUT2D eigenvalue weighted by Gasteiger charge is -2.41. The maximum atomic E-state index is 2.48. The molecule has 4 aliphatic rings. The molecular weight excluding hydrogens is 396 g/mol. The van der Waals surface area contributed by atoms with Crippen molar-refractivity contribution in [3.63, 3.8) is 0 Å². The van der Waals surface area contributed by atoms with E-state index in [4.69, 9.17) is 0 Å². The molecule has 0 aromatic carbocycles. The lowest BCUT2D eigenvalue weighted by atomic mass is 9.64. The van der Waals surface area contributed by atoms with Crippen LogP contribution in [-0.2, 0) is 0 Å². The van der Waals surface area contributed by atoms with Crippen molar-refractivity contribution < 1.29 is 0 Å². The summed E-state index contributed by atoms with van der Waals surface area (Å²) in [5.74, 6) is 12.1. The Morgan fingerprint density at radius 1 is 0.333 bits per heavy atom. The van der Waals surface area contributed by atoms with E-state index in [9.17, 15) is 0 Å². The smallest absolute Gasteiger partial charge is 0.0383 e. The van der Waals surface area contributed by atoms with Gasteiger partial charge in [0, 0.05) is 0 Å². The quantitative estimate of drug-likeness (QED) is 0.394. The molecule has 0 radical (unpaired) electrons. The van der Waals surface area contributed by atoms with Gasteiger partial charge in [0.2, 0.25) is 0 Å². The van der Waals surface area contributed by atoms with Crippen molar-refractivity contribution in [2.24, 2.45) is 71.0 Å². The highest BCUT2D eigenvalue weighted by Crippen LogP contribution is 2.45. The highest BCUT2D eigenvalue weighted by atomic mass is 14.4. The van der Waals surface area contributed by atoms with Gasteiger partial charge >= 0.3 is 0 Å². The molecule has 4 fully saturated rings. The molecule has 194 valence electrons. The van der Waals surface area contributed by atoms with E-state index in [1.54, 1.807) is 6.42 Å². The molecule has 0 amide bonds. The summed E-state index contributed by atoms with van der Waals surface area (Å²) >= 11 is 0. The molecule has 12 unspecified atom stereocenters. The van der Waals surface area contributed by atoms with Crippen LogP contribution in [0.2, 0.25) is 0 Å². The van der Waals surface area contributed by atoms with Gasteiger partial charge in [-0.1, -0.05) is 93.9 Å². The molecule has 12 atom stereocenters. The summed E-state index contributed by atoms with van der Waals surface area (Å²) in [6.45, 7) is 19.7. The molecule has 0 aromatic rings. The van der Waals surface area contributed by atoms with Crippen LogP contribution in [-0.4, -0.2) is 0 Å². The standard InChI is InChI=1S/C17H32.C16H30/c1-12-5-7-16(9-14(12)3)11-17-8-6-13(2)15(4)10-17;1-11-5-7-15(9-13(11)3)16-8-6-12(2)14(4)10-16/h12-17H,5-11H2,1-4H3;11-16H,5-10H2,1-4H3. The van der Waals surface area contributed by atoms with Crippen LogP contribution in [0.4, 0.5) is 0 Å². The van der Waals surface area contributed by atoms with Gasteiger partial charge < -0.3 is 0 Å². The van der Waals surface area contributed by atoms with Crippen LogP contribution < -0.4 is 0 Å². The van der Waals surface area contributed by atoms with E-state index < -0.39 is 0 Å².